The van der Waals surface area contributed by atoms with E-state index in [0.717, 1.165) is 31.4 Å². The Morgan fingerprint density at radius 2 is 1.96 bits per heavy atom. The highest BCUT2D eigenvalue weighted by Gasteiger charge is 2.37. The van der Waals surface area contributed by atoms with Crippen molar-refractivity contribution in [2.24, 2.45) is 0 Å². The molecule has 0 N–H and O–H groups in total. The number of carbonyl (C=O) groups excluding carboxylic acids is 2. The van der Waals surface area contributed by atoms with Gasteiger partial charge in [0.15, 0.2) is 0 Å². The van der Waals surface area contributed by atoms with E-state index in [2.05, 4.69) is 6.92 Å². The van der Waals surface area contributed by atoms with Gasteiger partial charge < -0.3 is 9.80 Å². The van der Waals surface area contributed by atoms with Gasteiger partial charge in [0.25, 0.3) is 11.8 Å². The third-order valence-electron chi connectivity index (χ3n) is 4.63. The molecule has 24 heavy (non-hydrogen) atoms. The second kappa shape index (κ2) is 6.88. The van der Waals surface area contributed by atoms with E-state index in [-0.39, 0.29) is 23.0 Å². The van der Waals surface area contributed by atoms with Crippen LogP contribution < -0.4 is 4.90 Å². The number of benzene rings is 1. The van der Waals surface area contributed by atoms with Gasteiger partial charge in [-0.15, -0.1) is 0 Å². The van der Waals surface area contributed by atoms with Crippen LogP contribution in [0.3, 0.4) is 0 Å². The Kier molecular flexibility index (Phi) is 4.66. The summed E-state index contributed by atoms with van der Waals surface area (Å²) in [4.78, 5) is 29.0. The maximum Gasteiger partial charge on any atom is 0.265 e. The van der Waals surface area contributed by atoms with Crippen LogP contribution in [0.1, 0.15) is 38.2 Å². The van der Waals surface area contributed by atoms with Crippen molar-refractivity contribution < 1.29 is 9.59 Å². The van der Waals surface area contributed by atoms with Crippen molar-refractivity contribution in [2.45, 2.75) is 32.6 Å². The Balaban J connectivity index is 2.06. The third kappa shape index (κ3) is 2.69. The lowest BCUT2D eigenvalue weighted by atomic mass is 10.0. The number of nitriles is 1. The highest BCUT2D eigenvalue weighted by molar-refractivity contribution is 6.37. The van der Waals surface area contributed by atoms with Crippen molar-refractivity contribution >= 4 is 23.1 Å². The Morgan fingerprint density at radius 3 is 2.62 bits per heavy atom. The van der Waals surface area contributed by atoms with E-state index in [1.165, 1.54) is 0 Å². The van der Waals surface area contributed by atoms with Gasteiger partial charge in [0.05, 0.1) is 11.3 Å². The van der Waals surface area contributed by atoms with E-state index >= 15 is 0 Å². The summed E-state index contributed by atoms with van der Waals surface area (Å²) in [5.41, 5.74) is 1.74. The molecule has 2 heterocycles. The molecule has 5 heteroatoms. The summed E-state index contributed by atoms with van der Waals surface area (Å²) in [5.74, 6) is -0.542. The van der Waals surface area contributed by atoms with Crippen molar-refractivity contribution in [3.8, 4) is 6.07 Å². The Morgan fingerprint density at radius 1 is 1.25 bits per heavy atom. The zero-order chi connectivity index (χ0) is 17.1. The standard InChI is InChI=1S/C19H21N3O2/c1-2-3-12-22-16-9-5-4-8-14(16)17(19(22)24)15(13-20)18(23)21-10-6-7-11-21/h4-5,8-9H,2-3,6-7,10-12H2,1H3/b17-15+. The molecule has 1 fully saturated rings. The van der Waals surface area contributed by atoms with Gasteiger partial charge >= 0.3 is 0 Å². The van der Waals surface area contributed by atoms with Gasteiger partial charge in [-0.1, -0.05) is 31.5 Å². The second-order valence-corrected chi connectivity index (χ2v) is 6.19. The molecule has 5 nitrogen and oxygen atoms in total. The van der Waals surface area contributed by atoms with Gasteiger partial charge in [0.1, 0.15) is 11.6 Å². The molecular formula is C19H21N3O2. The van der Waals surface area contributed by atoms with Gasteiger partial charge in [-0.25, -0.2) is 0 Å². The molecule has 3 rings (SSSR count). The van der Waals surface area contributed by atoms with Crippen molar-refractivity contribution in [3.63, 3.8) is 0 Å². The van der Waals surface area contributed by atoms with Gasteiger partial charge in [-0.05, 0) is 25.3 Å². The fourth-order valence-corrected chi connectivity index (χ4v) is 3.35. The fraction of sp³-hybridized carbons (Fsp3) is 0.421. The Bertz CT molecular complexity index is 739. The first-order chi connectivity index (χ1) is 11.7. The Labute approximate surface area is 142 Å². The van der Waals surface area contributed by atoms with Crippen LogP contribution in [-0.2, 0) is 9.59 Å². The molecule has 2 aliphatic rings. The predicted octanol–water partition coefficient (Wildman–Crippen LogP) is 2.73. The maximum absolute atomic E-state index is 12.9. The van der Waals surface area contributed by atoms with Gasteiger partial charge in [-0.3, -0.25) is 9.59 Å². The minimum Gasteiger partial charge on any atom is -0.338 e. The number of carbonyl (C=O) groups is 2. The molecule has 0 aliphatic carbocycles. The van der Waals surface area contributed by atoms with Crippen LogP contribution in [0, 0.1) is 11.3 Å². The van der Waals surface area contributed by atoms with E-state index in [1.807, 2.05) is 30.3 Å². The van der Waals surface area contributed by atoms with Crippen molar-refractivity contribution in [1.82, 2.24) is 4.90 Å². The molecule has 124 valence electrons. The molecule has 0 bridgehead atoms. The van der Waals surface area contributed by atoms with E-state index < -0.39 is 0 Å². The molecule has 2 aliphatic heterocycles. The highest BCUT2D eigenvalue weighted by Crippen LogP contribution is 2.38. The normalized spacial score (nSPS) is 18.6. The van der Waals surface area contributed by atoms with Crippen LogP contribution in [0.2, 0.25) is 0 Å². The topological polar surface area (TPSA) is 64.4 Å². The minimum absolute atomic E-state index is 0.0200. The van der Waals surface area contributed by atoms with Crippen LogP contribution in [0.5, 0.6) is 0 Å². The summed E-state index contributed by atoms with van der Waals surface area (Å²) < 4.78 is 0. The lowest BCUT2D eigenvalue weighted by Crippen LogP contribution is -2.31. The number of rotatable bonds is 4. The number of likely N-dealkylation sites (tertiary alicyclic amines) is 1. The largest absolute Gasteiger partial charge is 0.338 e. The lowest BCUT2D eigenvalue weighted by Gasteiger charge is -2.17. The minimum atomic E-state index is -0.314. The highest BCUT2D eigenvalue weighted by atomic mass is 16.2. The van der Waals surface area contributed by atoms with Gasteiger partial charge in [0, 0.05) is 25.2 Å². The van der Waals surface area contributed by atoms with Crippen LogP contribution in [0.4, 0.5) is 5.69 Å². The molecule has 2 amide bonds. The molecule has 1 aromatic rings. The molecule has 0 aromatic heterocycles. The molecule has 0 saturated carbocycles. The first-order valence-electron chi connectivity index (χ1n) is 8.54. The van der Waals surface area contributed by atoms with Crippen LogP contribution >= 0.6 is 0 Å². The zero-order valence-electron chi connectivity index (χ0n) is 13.9. The number of para-hydroxylation sites is 1. The monoisotopic (exact) mass is 323 g/mol. The first-order valence-corrected chi connectivity index (χ1v) is 8.54. The zero-order valence-corrected chi connectivity index (χ0v) is 13.9. The van der Waals surface area contributed by atoms with E-state index in [0.29, 0.717) is 25.2 Å². The smallest absolute Gasteiger partial charge is 0.265 e. The summed E-state index contributed by atoms with van der Waals surface area (Å²) in [6, 6.07) is 9.43. The van der Waals surface area contributed by atoms with Gasteiger partial charge in [0.2, 0.25) is 0 Å². The van der Waals surface area contributed by atoms with Crippen molar-refractivity contribution in [1.29, 1.82) is 5.26 Å². The molecule has 1 aromatic carbocycles. The maximum atomic E-state index is 12.9. The third-order valence-corrected chi connectivity index (χ3v) is 4.63. The van der Waals surface area contributed by atoms with Gasteiger partial charge in [-0.2, -0.15) is 5.26 Å². The number of nitrogens with zero attached hydrogens (tertiary/aromatic N) is 3. The Hall–Kier alpha value is -2.61. The SMILES string of the molecule is CCCCN1C(=O)/C(=C(\C#N)C(=O)N2CCCC2)c2ccccc21. The van der Waals surface area contributed by atoms with Crippen molar-refractivity contribution in [3.05, 3.63) is 35.4 Å². The number of unbranched alkanes of at least 4 members (excludes halogenated alkanes) is 1. The summed E-state index contributed by atoms with van der Waals surface area (Å²) in [7, 11) is 0. The summed E-state index contributed by atoms with van der Waals surface area (Å²) >= 11 is 0. The molecule has 0 atom stereocenters. The average molecular weight is 323 g/mol. The fourth-order valence-electron chi connectivity index (χ4n) is 3.35. The van der Waals surface area contributed by atoms with Crippen LogP contribution in [0.25, 0.3) is 5.57 Å². The number of hydrogen-bond donors (Lipinski definition) is 0. The second-order valence-electron chi connectivity index (χ2n) is 6.19. The van der Waals surface area contributed by atoms with Crippen molar-refractivity contribution in [2.75, 3.05) is 24.5 Å². The molecular weight excluding hydrogens is 302 g/mol. The van der Waals surface area contributed by atoms with E-state index in [4.69, 9.17) is 0 Å². The lowest BCUT2D eigenvalue weighted by molar-refractivity contribution is -0.125. The van der Waals surface area contributed by atoms with E-state index in [1.54, 1.807) is 9.80 Å². The quantitative estimate of drug-likeness (QED) is 0.632. The summed E-state index contributed by atoms with van der Waals surface area (Å²) in [6.07, 6.45) is 3.76. The van der Waals surface area contributed by atoms with Crippen LogP contribution in [0.15, 0.2) is 29.8 Å². The molecule has 0 spiro atoms. The predicted molar refractivity (Wildman–Crippen MR) is 92.1 cm³/mol. The molecule has 0 unspecified atom stereocenters. The number of hydrogen-bond acceptors (Lipinski definition) is 3. The summed E-state index contributed by atoms with van der Waals surface area (Å²) in [6.45, 7) is 3.99. The van der Waals surface area contributed by atoms with Crippen LogP contribution in [-0.4, -0.2) is 36.3 Å². The number of fused-ring (bicyclic) bond motifs is 1. The van der Waals surface area contributed by atoms with E-state index in [9.17, 15) is 14.9 Å². The number of amides is 2. The average Bonchev–Trinajstić information content (AvgIpc) is 3.22. The molecule has 0 radical (unpaired) electrons. The number of anilines is 1. The first kappa shape index (κ1) is 16.3. The molecule has 1 saturated heterocycles. The summed E-state index contributed by atoms with van der Waals surface area (Å²) in [5, 5.41) is 9.60.